The van der Waals surface area contributed by atoms with Crippen molar-refractivity contribution in [2.24, 2.45) is 0 Å². The zero-order valence-electron chi connectivity index (χ0n) is 15.9. The van der Waals surface area contributed by atoms with Crippen LogP contribution in [0.4, 0.5) is 11.6 Å². The first-order valence-electron chi connectivity index (χ1n) is 10.1. The van der Waals surface area contributed by atoms with Gasteiger partial charge in [0.05, 0.1) is 13.2 Å². The molecule has 6 heteroatoms. The van der Waals surface area contributed by atoms with Crippen LogP contribution in [-0.4, -0.2) is 60.3 Å². The van der Waals surface area contributed by atoms with Crippen molar-refractivity contribution in [1.82, 2.24) is 14.9 Å². The second-order valence-corrected chi connectivity index (χ2v) is 7.33. The fraction of sp³-hybridized carbons (Fsp3) is 0.524. The fourth-order valence-electron chi connectivity index (χ4n) is 3.77. The van der Waals surface area contributed by atoms with Crippen molar-refractivity contribution in [3.8, 4) is 11.4 Å². The summed E-state index contributed by atoms with van der Waals surface area (Å²) in [6.45, 7) is 5.56. The Morgan fingerprint density at radius 1 is 1.00 bits per heavy atom. The van der Waals surface area contributed by atoms with E-state index in [4.69, 9.17) is 14.7 Å². The van der Waals surface area contributed by atoms with Crippen LogP contribution in [0.2, 0.25) is 0 Å². The highest BCUT2D eigenvalue weighted by atomic mass is 16.5. The highest BCUT2D eigenvalue weighted by Gasteiger charge is 2.16. The van der Waals surface area contributed by atoms with Crippen LogP contribution < -0.4 is 10.6 Å². The van der Waals surface area contributed by atoms with Crippen molar-refractivity contribution in [2.45, 2.75) is 31.7 Å². The van der Waals surface area contributed by atoms with Gasteiger partial charge in [-0.2, -0.15) is 0 Å². The molecule has 1 saturated carbocycles. The van der Waals surface area contributed by atoms with Crippen LogP contribution in [0.5, 0.6) is 0 Å². The maximum Gasteiger partial charge on any atom is 0.163 e. The molecule has 144 valence electrons. The molecule has 1 saturated heterocycles. The van der Waals surface area contributed by atoms with Crippen LogP contribution in [0.1, 0.15) is 25.7 Å². The molecule has 0 atom stereocenters. The first-order valence-corrected chi connectivity index (χ1v) is 10.1. The van der Waals surface area contributed by atoms with Gasteiger partial charge >= 0.3 is 0 Å². The second kappa shape index (κ2) is 9.15. The predicted molar refractivity (Wildman–Crippen MR) is 109 cm³/mol. The number of anilines is 2. The second-order valence-electron chi connectivity index (χ2n) is 7.33. The minimum Gasteiger partial charge on any atom is -0.379 e. The van der Waals surface area contributed by atoms with Gasteiger partial charge in [-0.3, -0.25) is 4.90 Å². The Bertz CT molecular complexity index is 712. The average Bonchev–Trinajstić information content (AvgIpc) is 3.22. The van der Waals surface area contributed by atoms with Crippen molar-refractivity contribution >= 4 is 11.6 Å². The summed E-state index contributed by atoms with van der Waals surface area (Å²) in [7, 11) is 0. The standard InChI is InChI=1S/C21H29N5O/c1-2-6-17(7-3-1)21-24-19(22-10-11-26-12-14-27-15-13-26)16-20(25-21)23-18-8-4-5-9-18/h1-3,6-7,16,18H,4-5,8-15H2,(H2,22,23,24,25). The summed E-state index contributed by atoms with van der Waals surface area (Å²) in [5.41, 5.74) is 1.05. The SMILES string of the molecule is c1ccc(-c2nc(NCCN3CCOCC3)cc(NC3CCCC3)n2)cc1. The number of nitrogens with one attached hydrogen (secondary N) is 2. The number of rotatable bonds is 7. The molecular weight excluding hydrogens is 338 g/mol. The predicted octanol–water partition coefficient (Wildman–Crippen LogP) is 3.24. The summed E-state index contributed by atoms with van der Waals surface area (Å²) in [6.07, 6.45) is 5.06. The van der Waals surface area contributed by atoms with Crippen LogP contribution in [-0.2, 0) is 4.74 Å². The van der Waals surface area contributed by atoms with E-state index in [0.29, 0.717) is 6.04 Å². The Balaban J connectivity index is 1.46. The average molecular weight is 367 g/mol. The maximum atomic E-state index is 5.42. The highest BCUT2D eigenvalue weighted by Crippen LogP contribution is 2.24. The molecule has 1 aliphatic carbocycles. The van der Waals surface area contributed by atoms with E-state index in [9.17, 15) is 0 Å². The number of nitrogens with zero attached hydrogens (tertiary/aromatic N) is 3. The molecular formula is C21H29N5O. The lowest BCUT2D eigenvalue weighted by atomic mass is 10.2. The number of ether oxygens (including phenoxy) is 1. The van der Waals surface area contributed by atoms with Crippen LogP contribution >= 0.6 is 0 Å². The van der Waals surface area contributed by atoms with Gasteiger partial charge in [0.1, 0.15) is 11.6 Å². The van der Waals surface area contributed by atoms with Gasteiger partial charge in [-0.15, -0.1) is 0 Å². The smallest absolute Gasteiger partial charge is 0.163 e. The maximum absolute atomic E-state index is 5.42. The molecule has 0 radical (unpaired) electrons. The van der Waals surface area contributed by atoms with E-state index in [0.717, 1.165) is 62.4 Å². The molecule has 0 amide bonds. The Morgan fingerprint density at radius 2 is 1.74 bits per heavy atom. The fourth-order valence-corrected chi connectivity index (χ4v) is 3.77. The Hall–Kier alpha value is -2.18. The van der Waals surface area contributed by atoms with Crippen molar-refractivity contribution in [3.05, 3.63) is 36.4 Å². The van der Waals surface area contributed by atoms with Gasteiger partial charge in [-0.1, -0.05) is 43.2 Å². The molecule has 4 rings (SSSR count). The van der Waals surface area contributed by atoms with E-state index in [2.05, 4.69) is 27.7 Å². The van der Waals surface area contributed by atoms with E-state index in [1.807, 2.05) is 24.3 Å². The van der Waals surface area contributed by atoms with Gasteiger partial charge in [0, 0.05) is 43.9 Å². The molecule has 1 aromatic carbocycles. The van der Waals surface area contributed by atoms with E-state index >= 15 is 0 Å². The number of aromatic nitrogens is 2. The summed E-state index contributed by atoms with van der Waals surface area (Å²) in [5.74, 6) is 2.58. The third-order valence-electron chi connectivity index (χ3n) is 5.30. The van der Waals surface area contributed by atoms with E-state index < -0.39 is 0 Å². The van der Waals surface area contributed by atoms with Gasteiger partial charge in [0.15, 0.2) is 5.82 Å². The summed E-state index contributed by atoms with van der Waals surface area (Å²) >= 11 is 0. The van der Waals surface area contributed by atoms with Crippen molar-refractivity contribution in [1.29, 1.82) is 0 Å². The summed E-state index contributed by atoms with van der Waals surface area (Å²) < 4.78 is 5.42. The monoisotopic (exact) mass is 367 g/mol. The van der Waals surface area contributed by atoms with E-state index in [1.54, 1.807) is 0 Å². The molecule has 1 aromatic heterocycles. The first-order chi connectivity index (χ1) is 13.4. The van der Waals surface area contributed by atoms with Crippen molar-refractivity contribution in [2.75, 3.05) is 50.0 Å². The number of benzene rings is 1. The van der Waals surface area contributed by atoms with Crippen LogP contribution in [0, 0.1) is 0 Å². The largest absolute Gasteiger partial charge is 0.379 e. The molecule has 2 fully saturated rings. The quantitative estimate of drug-likeness (QED) is 0.783. The lowest BCUT2D eigenvalue weighted by Crippen LogP contribution is -2.39. The lowest BCUT2D eigenvalue weighted by Gasteiger charge is -2.26. The first kappa shape index (κ1) is 18.2. The Morgan fingerprint density at radius 3 is 2.52 bits per heavy atom. The zero-order valence-corrected chi connectivity index (χ0v) is 15.9. The molecule has 27 heavy (non-hydrogen) atoms. The zero-order chi connectivity index (χ0) is 18.3. The van der Waals surface area contributed by atoms with Gasteiger partial charge in [0.25, 0.3) is 0 Å². The number of morpholine rings is 1. The minimum absolute atomic E-state index is 0.532. The number of hydrogen-bond donors (Lipinski definition) is 2. The molecule has 6 nitrogen and oxygen atoms in total. The van der Waals surface area contributed by atoms with Gasteiger partial charge < -0.3 is 15.4 Å². The molecule has 0 spiro atoms. The van der Waals surface area contributed by atoms with E-state index in [-0.39, 0.29) is 0 Å². The molecule has 2 aromatic rings. The van der Waals surface area contributed by atoms with Crippen LogP contribution in [0.3, 0.4) is 0 Å². The van der Waals surface area contributed by atoms with Gasteiger partial charge in [-0.25, -0.2) is 9.97 Å². The lowest BCUT2D eigenvalue weighted by molar-refractivity contribution is 0.0398. The molecule has 1 aliphatic heterocycles. The third kappa shape index (κ3) is 5.17. The Labute approximate surface area is 161 Å². The minimum atomic E-state index is 0.532. The molecule has 2 aliphatic rings. The third-order valence-corrected chi connectivity index (χ3v) is 5.30. The topological polar surface area (TPSA) is 62.3 Å². The summed E-state index contributed by atoms with van der Waals surface area (Å²) in [6, 6.07) is 12.8. The van der Waals surface area contributed by atoms with Gasteiger partial charge in [-0.05, 0) is 12.8 Å². The van der Waals surface area contributed by atoms with Gasteiger partial charge in [0.2, 0.25) is 0 Å². The molecule has 2 N–H and O–H groups in total. The van der Waals surface area contributed by atoms with Crippen LogP contribution in [0.25, 0.3) is 11.4 Å². The van der Waals surface area contributed by atoms with Crippen LogP contribution in [0.15, 0.2) is 36.4 Å². The molecule has 0 bridgehead atoms. The summed E-state index contributed by atoms with van der Waals surface area (Å²) in [4.78, 5) is 12.0. The number of hydrogen-bond acceptors (Lipinski definition) is 6. The molecule has 2 heterocycles. The van der Waals surface area contributed by atoms with E-state index in [1.165, 1.54) is 25.7 Å². The van der Waals surface area contributed by atoms with Crippen molar-refractivity contribution < 1.29 is 4.74 Å². The van der Waals surface area contributed by atoms with Crippen molar-refractivity contribution in [3.63, 3.8) is 0 Å². The summed E-state index contributed by atoms with van der Waals surface area (Å²) in [5, 5.41) is 7.11. The highest BCUT2D eigenvalue weighted by molar-refractivity contribution is 5.61. The normalized spacial score (nSPS) is 18.5. The molecule has 0 unspecified atom stereocenters. The Kier molecular flexibility index (Phi) is 6.17.